The van der Waals surface area contributed by atoms with Gasteiger partial charge in [-0.2, -0.15) is 0 Å². The Morgan fingerprint density at radius 3 is 2.37 bits per heavy atom. The van der Waals surface area contributed by atoms with Crippen molar-refractivity contribution in [2.45, 2.75) is 19.6 Å². The van der Waals surface area contributed by atoms with E-state index in [1.165, 1.54) is 0 Å². The summed E-state index contributed by atoms with van der Waals surface area (Å²) in [5.41, 5.74) is 0.833. The zero-order valence-electron chi connectivity index (χ0n) is 17.8. The summed E-state index contributed by atoms with van der Waals surface area (Å²) in [5, 5.41) is 2.94. The Morgan fingerprint density at radius 2 is 1.77 bits per heavy atom. The Labute approximate surface area is 176 Å². The number of hydrogen-bond acceptors (Lipinski definition) is 6. The van der Waals surface area contributed by atoms with Gasteiger partial charge in [-0.1, -0.05) is 12.1 Å². The fourth-order valence-corrected chi connectivity index (χ4v) is 3.28. The first kappa shape index (κ1) is 21.4. The van der Waals surface area contributed by atoms with E-state index in [-0.39, 0.29) is 12.1 Å². The van der Waals surface area contributed by atoms with Crippen molar-refractivity contribution >= 4 is 6.03 Å². The molecule has 0 saturated carbocycles. The maximum Gasteiger partial charge on any atom is 0.317 e. The number of ether oxygens (including phenoxy) is 5. The normalized spacial score (nSPS) is 14.6. The predicted molar refractivity (Wildman–Crippen MR) is 112 cm³/mol. The molecule has 3 rings (SSSR count). The number of rotatable bonds is 8. The van der Waals surface area contributed by atoms with Crippen LogP contribution >= 0.6 is 0 Å². The van der Waals surface area contributed by atoms with Crippen LogP contribution in [0, 0.1) is 0 Å². The lowest BCUT2D eigenvalue weighted by Crippen LogP contribution is -2.47. The number of hydrogen-bond donors (Lipinski definition) is 1. The average molecular weight is 416 g/mol. The van der Waals surface area contributed by atoms with Crippen molar-refractivity contribution in [1.82, 2.24) is 10.2 Å². The molecule has 0 aliphatic carbocycles. The number of likely N-dealkylation sites (N-methyl/N-ethyl adjacent to an activating group) is 1. The molecule has 1 N–H and O–H groups in total. The van der Waals surface area contributed by atoms with Crippen molar-refractivity contribution < 1.29 is 28.5 Å². The standard InChI is InChI=1S/C22H28N2O6/c1-5-24(13-16-14-29-17-8-6-7-9-18(17)30-16)22(25)23-12-15-10-19(26-2)21(28-4)20(11-15)27-3/h6-11,16H,5,12-14H2,1-4H3,(H,23,25). The highest BCUT2D eigenvalue weighted by molar-refractivity contribution is 5.74. The van der Waals surface area contributed by atoms with Gasteiger partial charge in [0.2, 0.25) is 5.75 Å². The van der Waals surface area contributed by atoms with Gasteiger partial charge in [0.15, 0.2) is 29.1 Å². The van der Waals surface area contributed by atoms with Gasteiger partial charge in [-0.3, -0.25) is 0 Å². The summed E-state index contributed by atoms with van der Waals surface area (Å²) in [7, 11) is 4.67. The minimum atomic E-state index is -0.230. The Balaban J connectivity index is 1.61. The lowest BCUT2D eigenvalue weighted by Gasteiger charge is -2.31. The van der Waals surface area contributed by atoms with Gasteiger partial charge in [-0.25, -0.2) is 4.79 Å². The second-order valence-electron chi connectivity index (χ2n) is 6.73. The van der Waals surface area contributed by atoms with E-state index in [1.54, 1.807) is 26.2 Å². The van der Waals surface area contributed by atoms with Crippen molar-refractivity contribution in [2.24, 2.45) is 0 Å². The summed E-state index contributed by atoms with van der Waals surface area (Å²) in [4.78, 5) is 14.4. The second-order valence-corrected chi connectivity index (χ2v) is 6.73. The summed E-state index contributed by atoms with van der Waals surface area (Å²) < 4.78 is 27.8. The Morgan fingerprint density at radius 1 is 1.10 bits per heavy atom. The highest BCUT2D eigenvalue weighted by atomic mass is 16.6. The largest absolute Gasteiger partial charge is 0.493 e. The molecule has 1 atom stereocenters. The van der Waals surface area contributed by atoms with Crippen molar-refractivity contribution in [2.75, 3.05) is 41.0 Å². The van der Waals surface area contributed by atoms with E-state index in [0.717, 1.165) is 11.3 Å². The molecule has 8 nitrogen and oxygen atoms in total. The van der Waals surface area contributed by atoms with Crippen molar-refractivity contribution in [3.05, 3.63) is 42.0 Å². The molecule has 2 amide bonds. The van der Waals surface area contributed by atoms with Crippen LogP contribution in [0.5, 0.6) is 28.7 Å². The quantitative estimate of drug-likeness (QED) is 0.713. The molecule has 0 bridgehead atoms. The van der Waals surface area contributed by atoms with Crippen molar-refractivity contribution in [3.63, 3.8) is 0 Å². The number of amides is 2. The molecule has 162 valence electrons. The van der Waals surface area contributed by atoms with Crippen molar-refractivity contribution in [3.8, 4) is 28.7 Å². The number of carbonyl (C=O) groups excluding carboxylic acids is 1. The fraction of sp³-hybridized carbons (Fsp3) is 0.409. The van der Waals surface area contributed by atoms with Gasteiger partial charge in [0.25, 0.3) is 0 Å². The maximum atomic E-state index is 12.7. The summed E-state index contributed by atoms with van der Waals surface area (Å²) in [6.45, 7) is 3.61. The molecule has 2 aromatic carbocycles. The number of carbonyl (C=O) groups is 1. The van der Waals surface area contributed by atoms with Crippen LogP contribution < -0.4 is 29.0 Å². The summed E-state index contributed by atoms with van der Waals surface area (Å²) in [6.07, 6.45) is -0.230. The molecule has 30 heavy (non-hydrogen) atoms. The first-order chi connectivity index (χ1) is 14.6. The van der Waals surface area contributed by atoms with Gasteiger partial charge in [-0.05, 0) is 36.8 Å². The van der Waals surface area contributed by atoms with Crippen LogP contribution in [-0.4, -0.2) is 58.1 Å². The lowest BCUT2D eigenvalue weighted by molar-refractivity contribution is 0.0675. The molecule has 0 aromatic heterocycles. The van der Waals surface area contributed by atoms with Gasteiger partial charge in [0.05, 0.1) is 27.9 Å². The van der Waals surface area contributed by atoms with E-state index < -0.39 is 0 Å². The number of nitrogens with zero attached hydrogens (tertiary/aromatic N) is 1. The van der Waals surface area contributed by atoms with Gasteiger partial charge < -0.3 is 33.9 Å². The van der Waals surface area contributed by atoms with Crippen LogP contribution in [0.4, 0.5) is 4.79 Å². The second kappa shape index (κ2) is 9.96. The predicted octanol–water partition coefficient (Wildman–Crippen LogP) is 3.08. The third kappa shape index (κ3) is 4.82. The van der Waals surface area contributed by atoms with E-state index in [0.29, 0.717) is 49.2 Å². The zero-order valence-corrected chi connectivity index (χ0v) is 17.8. The van der Waals surface area contributed by atoms with Crippen LogP contribution in [0.2, 0.25) is 0 Å². The minimum Gasteiger partial charge on any atom is -0.493 e. The molecule has 1 aliphatic rings. The third-order valence-corrected chi connectivity index (χ3v) is 4.83. The zero-order chi connectivity index (χ0) is 21.5. The number of nitrogens with one attached hydrogen (secondary N) is 1. The van der Waals surface area contributed by atoms with E-state index >= 15 is 0 Å². The Bertz CT molecular complexity index is 847. The van der Waals surface area contributed by atoms with Gasteiger partial charge in [0, 0.05) is 13.1 Å². The number of benzene rings is 2. The monoisotopic (exact) mass is 416 g/mol. The van der Waals surface area contributed by atoms with E-state index in [9.17, 15) is 4.79 Å². The fourth-order valence-electron chi connectivity index (χ4n) is 3.28. The van der Waals surface area contributed by atoms with E-state index in [2.05, 4.69) is 5.32 Å². The summed E-state index contributed by atoms with van der Waals surface area (Å²) in [5.74, 6) is 3.02. The molecule has 0 saturated heterocycles. The Kier molecular flexibility index (Phi) is 7.11. The first-order valence-electron chi connectivity index (χ1n) is 9.79. The lowest BCUT2D eigenvalue weighted by atomic mass is 10.2. The number of fused-ring (bicyclic) bond motifs is 1. The number of para-hydroxylation sites is 2. The topological polar surface area (TPSA) is 78.5 Å². The van der Waals surface area contributed by atoms with Crippen LogP contribution in [0.25, 0.3) is 0 Å². The maximum absolute atomic E-state index is 12.7. The van der Waals surface area contributed by atoms with Crippen molar-refractivity contribution in [1.29, 1.82) is 0 Å². The molecular formula is C22H28N2O6. The van der Waals surface area contributed by atoms with Crippen LogP contribution in [0.15, 0.2) is 36.4 Å². The molecule has 0 spiro atoms. The molecule has 8 heteroatoms. The minimum absolute atomic E-state index is 0.186. The van der Waals surface area contributed by atoms with Crippen LogP contribution in [0.1, 0.15) is 12.5 Å². The summed E-state index contributed by atoms with van der Waals surface area (Å²) >= 11 is 0. The molecule has 1 aliphatic heterocycles. The molecule has 2 aromatic rings. The number of urea groups is 1. The molecular weight excluding hydrogens is 388 g/mol. The Hall–Kier alpha value is -3.29. The first-order valence-corrected chi connectivity index (χ1v) is 9.79. The molecule has 1 unspecified atom stereocenters. The average Bonchev–Trinajstić information content (AvgIpc) is 2.79. The van der Waals surface area contributed by atoms with Gasteiger partial charge in [0.1, 0.15) is 6.61 Å². The van der Waals surface area contributed by atoms with Crippen LogP contribution in [-0.2, 0) is 6.54 Å². The highest BCUT2D eigenvalue weighted by Crippen LogP contribution is 2.38. The molecule has 0 fully saturated rings. The van der Waals surface area contributed by atoms with E-state index in [1.807, 2.05) is 43.3 Å². The smallest absolute Gasteiger partial charge is 0.317 e. The van der Waals surface area contributed by atoms with E-state index in [4.69, 9.17) is 23.7 Å². The van der Waals surface area contributed by atoms with Gasteiger partial charge in [-0.15, -0.1) is 0 Å². The SMILES string of the molecule is CCN(CC1COc2ccccc2O1)C(=O)NCc1cc(OC)c(OC)c(OC)c1. The molecule has 1 heterocycles. The third-order valence-electron chi connectivity index (χ3n) is 4.83. The summed E-state index contributed by atoms with van der Waals surface area (Å²) in [6, 6.07) is 11.0. The number of methoxy groups -OCH3 is 3. The highest BCUT2D eigenvalue weighted by Gasteiger charge is 2.25. The van der Waals surface area contributed by atoms with Gasteiger partial charge >= 0.3 is 6.03 Å². The molecule has 0 radical (unpaired) electrons. The van der Waals surface area contributed by atoms with Crippen LogP contribution in [0.3, 0.4) is 0 Å².